The van der Waals surface area contributed by atoms with Crippen LogP contribution < -0.4 is 14.5 Å². The van der Waals surface area contributed by atoms with E-state index in [-0.39, 0.29) is 42.7 Å². The van der Waals surface area contributed by atoms with Gasteiger partial charge < -0.3 is 19.1 Å². The van der Waals surface area contributed by atoms with Crippen LogP contribution in [0.15, 0.2) is 237 Å². The molecule has 0 radical (unpaired) electrons. The maximum atomic E-state index is 8.18. The number of rotatable bonds is 8. The quantitative estimate of drug-likeness (QED) is 0.142. The molecule has 5 nitrogen and oxygen atoms in total. The number of hydrogen-bond acceptors (Lipinski definition) is 4. The fourth-order valence-electron chi connectivity index (χ4n) is 15.4. The summed E-state index contributed by atoms with van der Waals surface area (Å²) in [6, 6.07) is 91.2. The molecule has 0 bridgehead atoms. The Bertz CT molecular complexity index is 5360. The molecule has 0 unspecified atom stereocenters. The molecule has 1 aliphatic heterocycles. The second-order valence-corrected chi connectivity index (χ2v) is 30.7. The molecule has 1 spiro atoms. The molecule has 0 N–H and O–H groups in total. The summed E-state index contributed by atoms with van der Waals surface area (Å²) in [5.41, 5.74) is 26.5. The molecule has 11 aromatic carbocycles. The maximum absolute atomic E-state index is 8.18. The monoisotopic (exact) mass is 1440 g/mol. The van der Waals surface area contributed by atoms with Crippen molar-refractivity contribution < 1.29 is 29.9 Å². The van der Waals surface area contributed by atoms with E-state index in [0.717, 1.165) is 90.2 Å². The van der Waals surface area contributed by atoms with Crippen molar-refractivity contribution >= 4 is 44.6 Å². The molecule has 2 aromatic heterocycles. The molecule has 0 amide bonds. The Hall–Kier alpha value is -9.54. The maximum Gasteiger partial charge on any atom is 0.135 e. The average Bonchev–Trinajstić information content (AvgIpc) is 1.50. The van der Waals surface area contributed by atoms with Gasteiger partial charge >= 0.3 is 0 Å². The number of benzene rings is 11. The number of aryl methyl sites for hydroxylation is 1. The number of fused-ring (bicyclic) bond motifs is 13. The number of hydrogen-bond donors (Lipinski definition) is 0. The van der Waals surface area contributed by atoms with Gasteiger partial charge in [-0.25, -0.2) is 4.98 Å². The van der Waals surface area contributed by atoms with Gasteiger partial charge in [0.1, 0.15) is 5.82 Å². The van der Waals surface area contributed by atoms with Gasteiger partial charge in [-0.2, -0.15) is 12.1 Å². The van der Waals surface area contributed by atoms with E-state index in [4.69, 9.17) is 13.8 Å². The van der Waals surface area contributed by atoms with E-state index in [2.05, 4.69) is 304 Å². The Morgan fingerprint density at radius 3 is 1.73 bits per heavy atom. The number of para-hydroxylation sites is 3. The summed E-state index contributed by atoms with van der Waals surface area (Å²) in [7, 11) is 0. The van der Waals surface area contributed by atoms with Crippen LogP contribution >= 0.6 is 0 Å². The Balaban J connectivity index is 0.00000812. The first kappa shape index (κ1) is 59.9. The molecule has 484 valence electrons. The number of pyridine rings is 1. The van der Waals surface area contributed by atoms with Crippen LogP contribution in [0.1, 0.15) is 148 Å². The predicted molar refractivity (Wildman–Crippen MR) is 400 cm³/mol. The molecule has 13 aromatic rings. The molecule has 0 saturated carbocycles. The van der Waals surface area contributed by atoms with Crippen LogP contribution in [-0.4, -0.2) is 9.55 Å². The zero-order valence-electron chi connectivity index (χ0n) is 60.3. The zero-order valence-corrected chi connectivity index (χ0v) is 59.6. The molecule has 0 saturated heterocycles. The first-order valence-corrected chi connectivity index (χ1v) is 33.8. The van der Waals surface area contributed by atoms with Gasteiger partial charge in [-0.05, 0) is 166 Å². The molecule has 0 atom stereocenters. The molecule has 16 rings (SSSR count). The van der Waals surface area contributed by atoms with Gasteiger partial charge in [0, 0.05) is 82.1 Å². The minimum absolute atomic E-state index is 0. The number of ether oxygens (including phenoxy) is 1. The fourth-order valence-corrected chi connectivity index (χ4v) is 15.4. The summed E-state index contributed by atoms with van der Waals surface area (Å²) in [5, 5.41) is 2.07. The third-order valence-corrected chi connectivity index (χ3v) is 20.3. The van der Waals surface area contributed by atoms with Crippen molar-refractivity contribution in [1.29, 1.82) is 0 Å². The van der Waals surface area contributed by atoms with Crippen molar-refractivity contribution in [2.24, 2.45) is 0 Å². The second-order valence-electron chi connectivity index (χ2n) is 30.7. The van der Waals surface area contributed by atoms with Crippen LogP contribution in [0.25, 0.3) is 72.1 Å². The van der Waals surface area contributed by atoms with Crippen molar-refractivity contribution in [1.82, 2.24) is 9.55 Å². The van der Waals surface area contributed by atoms with Crippen molar-refractivity contribution in [3.8, 4) is 61.8 Å². The van der Waals surface area contributed by atoms with Gasteiger partial charge in [0.2, 0.25) is 0 Å². The minimum atomic E-state index is -2.24. The Morgan fingerprint density at radius 1 is 0.454 bits per heavy atom. The number of nitrogens with zero attached hydrogens (tertiary/aromatic N) is 4. The van der Waals surface area contributed by atoms with Crippen LogP contribution in [0, 0.1) is 25.7 Å². The minimum Gasteiger partial charge on any atom is -0.509 e. The largest absolute Gasteiger partial charge is 0.509 e. The van der Waals surface area contributed by atoms with Gasteiger partial charge in [-0.3, -0.25) is 0 Å². The molecular formula is C91H81N4OPt-3. The van der Waals surface area contributed by atoms with Crippen molar-refractivity contribution in [2.45, 2.75) is 123 Å². The SMILES string of the molecule is [2H]C([2H])([2H])c1cccc(-c2cnc(-n3c4[c-]c(Oc5[c-]c(N6[CH-]N(c7c(-c8cc(C(C)(C)C)cc(C(C)(C)C)c8)cc(C(C)(C)C)cc7-c7ccc8c(c7)-c7ccccc7C87c8ccccc8Cc8ccccc87)c7ccccc76)ccc5)ccc4c4ccccc43)cc2C(C)(C)C)c1.[Pt]. The van der Waals surface area contributed by atoms with Crippen LogP contribution in [0.5, 0.6) is 11.5 Å². The Morgan fingerprint density at radius 2 is 1.04 bits per heavy atom. The van der Waals surface area contributed by atoms with Gasteiger partial charge in [0.25, 0.3) is 0 Å². The van der Waals surface area contributed by atoms with Crippen LogP contribution in [0.4, 0.5) is 22.7 Å². The van der Waals surface area contributed by atoms with E-state index >= 15 is 0 Å². The molecule has 3 heterocycles. The second kappa shape index (κ2) is 23.3. The van der Waals surface area contributed by atoms with E-state index in [1.165, 1.54) is 66.8 Å². The van der Waals surface area contributed by atoms with Crippen molar-refractivity contribution in [3.05, 3.63) is 317 Å². The Labute approximate surface area is 592 Å². The standard InChI is InChI=1S/C91H81N4O.Pt/c1-57-26-24-29-58(44-57)75-55-92-85(54-80(75)90(11,12)13)95-81-37-21-17-33-70(81)71-42-41-68(53-84(71)95)96-67-31-25-30-66(52-67)93-56-94(83-39-23-22-38-82(83)93)86-72(50-65(89(8,9)10)51-73(86)62-46-63(87(2,3)4)49-64(47-62)88(5,6)7)59-40-43-79-74(48-59)69-32-16-20-36-78(69)91(79)76-34-18-14-27-60(76)45-61-28-15-19-35-77(61)91;/h14-44,46-51,54-56H,45H2,1-13H3;/q-3;/i1D3;. The zero-order chi connectivity index (χ0) is 68.9. The normalized spacial score (nSPS) is 14.5. The summed E-state index contributed by atoms with van der Waals surface area (Å²) in [6.45, 7) is 27.6. The number of aromatic nitrogens is 2. The van der Waals surface area contributed by atoms with Crippen molar-refractivity contribution in [3.63, 3.8) is 0 Å². The first-order valence-electron chi connectivity index (χ1n) is 35.3. The molecular weight excluding hydrogens is 1360 g/mol. The molecule has 0 fully saturated rings. The summed E-state index contributed by atoms with van der Waals surface area (Å²) in [5.74, 6) is 1.79. The molecule has 2 aliphatic carbocycles. The van der Waals surface area contributed by atoms with E-state index < -0.39 is 12.3 Å². The number of anilines is 4. The van der Waals surface area contributed by atoms with Crippen LogP contribution in [0.3, 0.4) is 0 Å². The third kappa shape index (κ3) is 10.7. The van der Waals surface area contributed by atoms with E-state index in [9.17, 15) is 0 Å². The van der Waals surface area contributed by atoms with Crippen molar-refractivity contribution in [2.75, 3.05) is 9.80 Å². The van der Waals surface area contributed by atoms with Gasteiger partial charge in [0.05, 0.1) is 5.41 Å². The van der Waals surface area contributed by atoms with E-state index in [1.807, 2.05) is 36.5 Å². The van der Waals surface area contributed by atoms with E-state index in [1.54, 1.807) is 12.1 Å². The van der Waals surface area contributed by atoms with E-state index in [0.29, 0.717) is 17.1 Å². The fraction of sp³-hybridized carbons (Fsp3) is 0.209. The third-order valence-electron chi connectivity index (χ3n) is 20.3. The molecule has 3 aliphatic rings. The summed E-state index contributed by atoms with van der Waals surface area (Å²) in [6.07, 6.45) is 2.78. The Kier molecular flexibility index (Phi) is 14.4. The topological polar surface area (TPSA) is 33.5 Å². The van der Waals surface area contributed by atoms with Gasteiger partial charge in [-0.15, -0.1) is 48.1 Å². The molecule has 97 heavy (non-hydrogen) atoms. The van der Waals surface area contributed by atoms with Gasteiger partial charge in [-0.1, -0.05) is 252 Å². The summed E-state index contributed by atoms with van der Waals surface area (Å²) >= 11 is 0. The summed E-state index contributed by atoms with van der Waals surface area (Å²) < 4.78 is 33.6. The predicted octanol–water partition coefficient (Wildman–Crippen LogP) is 23.7. The average molecular weight is 1440 g/mol. The van der Waals surface area contributed by atoms with Gasteiger partial charge in [0.15, 0.2) is 0 Å². The first-order chi connectivity index (χ1) is 47.2. The molecule has 6 heteroatoms. The summed E-state index contributed by atoms with van der Waals surface area (Å²) in [4.78, 5) is 9.85. The van der Waals surface area contributed by atoms with Crippen LogP contribution in [-0.2, 0) is 54.6 Å². The van der Waals surface area contributed by atoms with Crippen LogP contribution in [0.2, 0.25) is 0 Å². The smallest absolute Gasteiger partial charge is 0.135 e.